The molecule has 1 heterocycles. The summed E-state index contributed by atoms with van der Waals surface area (Å²) in [6.45, 7) is 3.29. The van der Waals surface area contributed by atoms with Crippen LogP contribution in [0.3, 0.4) is 0 Å². The van der Waals surface area contributed by atoms with Gasteiger partial charge in [-0.2, -0.15) is 11.8 Å². The van der Waals surface area contributed by atoms with Gasteiger partial charge in [-0.05, 0) is 24.6 Å². The van der Waals surface area contributed by atoms with E-state index in [1.165, 1.54) is 0 Å². The normalized spacial score (nSPS) is 16.0. The number of thioether (sulfide) groups is 1. The van der Waals surface area contributed by atoms with Gasteiger partial charge in [0.15, 0.2) is 0 Å². The Morgan fingerprint density at radius 2 is 1.95 bits per heavy atom. The molecule has 5 nitrogen and oxygen atoms in total. The lowest BCUT2D eigenvalue weighted by Crippen LogP contribution is -2.37. The lowest BCUT2D eigenvalue weighted by molar-refractivity contribution is 0.0772. The summed E-state index contributed by atoms with van der Waals surface area (Å²) in [5, 5.41) is 0. The number of benzene rings is 1. The van der Waals surface area contributed by atoms with Crippen LogP contribution in [0.1, 0.15) is 15.9 Å². The van der Waals surface area contributed by atoms with Crippen LogP contribution in [-0.2, 0) is 10.0 Å². The Balaban J connectivity index is 2.24. The largest absolute Gasteiger partial charge is 0.337 e. The topological polar surface area (TPSA) is 66.5 Å². The molecular formula is C13H18N2O3S2. The fraction of sp³-hybridized carbons (Fsp3) is 0.462. The van der Waals surface area contributed by atoms with Crippen molar-refractivity contribution in [3.8, 4) is 0 Å². The molecule has 1 aliphatic rings. The first-order chi connectivity index (χ1) is 9.37. The molecule has 2 rings (SSSR count). The highest BCUT2D eigenvalue weighted by atomic mass is 32.2. The van der Waals surface area contributed by atoms with Crippen LogP contribution >= 0.6 is 11.8 Å². The Labute approximate surface area is 123 Å². The van der Waals surface area contributed by atoms with Crippen LogP contribution in [0.25, 0.3) is 0 Å². The van der Waals surface area contributed by atoms with E-state index in [0.717, 1.165) is 36.4 Å². The van der Waals surface area contributed by atoms with Crippen molar-refractivity contribution < 1.29 is 13.2 Å². The minimum absolute atomic E-state index is 0.0400. The number of carbonyl (C=O) groups is 1. The highest BCUT2D eigenvalue weighted by Crippen LogP contribution is 2.20. The van der Waals surface area contributed by atoms with Gasteiger partial charge in [0.1, 0.15) is 0 Å². The van der Waals surface area contributed by atoms with Gasteiger partial charge in [-0.15, -0.1) is 0 Å². The first-order valence-electron chi connectivity index (χ1n) is 6.32. The molecule has 20 heavy (non-hydrogen) atoms. The van der Waals surface area contributed by atoms with Crippen molar-refractivity contribution in [2.75, 3.05) is 35.6 Å². The van der Waals surface area contributed by atoms with E-state index in [0.29, 0.717) is 11.3 Å². The lowest BCUT2D eigenvalue weighted by Gasteiger charge is -2.26. The van der Waals surface area contributed by atoms with Crippen LogP contribution in [0.4, 0.5) is 5.69 Å². The molecule has 0 radical (unpaired) electrons. The van der Waals surface area contributed by atoms with Crippen molar-refractivity contribution in [3.05, 3.63) is 29.3 Å². The number of hydrogen-bond donors (Lipinski definition) is 1. The van der Waals surface area contributed by atoms with Crippen molar-refractivity contribution >= 4 is 33.4 Å². The molecule has 0 unspecified atom stereocenters. The first kappa shape index (κ1) is 15.2. The molecule has 1 aromatic rings. The van der Waals surface area contributed by atoms with Crippen LogP contribution in [0.2, 0.25) is 0 Å². The van der Waals surface area contributed by atoms with Crippen LogP contribution < -0.4 is 4.72 Å². The molecule has 1 N–H and O–H groups in total. The maximum Gasteiger partial charge on any atom is 0.253 e. The SMILES string of the molecule is Cc1ccc(C(=O)N2CCSCC2)cc1NS(C)(=O)=O. The number of rotatable bonds is 3. The fourth-order valence-electron chi connectivity index (χ4n) is 2.01. The zero-order valence-electron chi connectivity index (χ0n) is 11.5. The summed E-state index contributed by atoms with van der Waals surface area (Å²) in [6, 6.07) is 5.12. The Morgan fingerprint density at radius 1 is 1.30 bits per heavy atom. The molecular weight excluding hydrogens is 296 g/mol. The number of aryl methyl sites for hydroxylation is 1. The lowest BCUT2D eigenvalue weighted by atomic mass is 10.1. The second-order valence-electron chi connectivity index (χ2n) is 4.81. The summed E-state index contributed by atoms with van der Waals surface area (Å²) in [7, 11) is -3.35. The van der Waals surface area contributed by atoms with Crippen molar-refractivity contribution in [1.29, 1.82) is 0 Å². The molecule has 1 aromatic carbocycles. The standard InChI is InChI=1S/C13H18N2O3S2/c1-10-3-4-11(9-12(10)14-20(2,17)18)13(16)15-5-7-19-8-6-15/h3-4,9,14H,5-8H2,1-2H3. The number of carbonyl (C=O) groups excluding carboxylic acids is 1. The van der Waals surface area contributed by atoms with E-state index in [1.807, 2.05) is 16.7 Å². The van der Waals surface area contributed by atoms with Crippen molar-refractivity contribution in [2.45, 2.75) is 6.92 Å². The summed E-state index contributed by atoms with van der Waals surface area (Å²) >= 11 is 1.84. The first-order valence-corrected chi connectivity index (χ1v) is 9.37. The molecule has 0 saturated carbocycles. The van der Waals surface area contributed by atoms with E-state index >= 15 is 0 Å². The molecule has 110 valence electrons. The predicted octanol–water partition coefficient (Wildman–Crippen LogP) is 1.56. The van der Waals surface area contributed by atoms with Gasteiger partial charge in [-0.25, -0.2) is 8.42 Å². The van der Waals surface area contributed by atoms with Gasteiger partial charge in [0.25, 0.3) is 5.91 Å². The number of anilines is 1. The smallest absolute Gasteiger partial charge is 0.253 e. The van der Waals surface area contributed by atoms with Gasteiger partial charge in [-0.1, -0.05) is 6.07 Å². The van der Waals surface area contributed by atoms with Gasteiger partial charge in [0.05, 0.1) is 11.9 Å². The monoisotopic (exact) mass is 314 g/mol. The third-order valence-corrected chi connectivity index (χ3v) is 4.61. The average Bonchev–Trinajstić information content (AvgIpc) is 2.40. The van der Waals surface area contributed by atoms with Crippen LogP contribution in [-0.4, -0.2) is 50.1 Å². The van der Waals surface area contributed by atoms with Gasteiger partial charge in [0.2, 0.25) is 10.0 Å². The number of sulfonamides is 1. The molecule has 0 aliphatic carbocycles. The Bertz CT molecular complexity index is 608. The van der Waals surface area contributed by atoms with Crippen molar-refractivity contribution in [3.63, 3.8) is 0 Å². The maximum absolute atomic E-state index is 12.4. The summed E-state index contributed by atoms with van der Waals surface area (Å²) < 4.78 is 25.1. The minimum Gasteiger partial charge on any atom is -0.337 e. The molecule has 7 heteroatoms. The van der Waals surface area contributed by atoms with Gasteiger partial charge in [-0.3, -0.25) is 9.52 Å². The molecule has 1 amide bonds. The summed E-state index contributed by atoms with van der Waals surface area (Å²) in [4.78, 5) is 14.2. The second kappa shape index (κ2) is 6.05. The summed E-state index contributed by atoms with van der Waals surface area (Å²) in [5.41, 5.74) is 1.78. The van der Waals surface area contributed by atoms with Crippen LogP contribution in [0.15, 0.2) is 18.2 Å². The van der Waals surface area contributed by atoms with E-state index in [4.69, 9.17) is 0 Å². The average molecular weight is 314 g/mol. The second-order valence-corrected chi connectivity index (χ2v) is 7.78. The highest BCUT2D eigenvalue weighted by molar-refractivity contribution is 7.99. The van der Waals surface area contributed by atoms with E-state index in [1.54, 1.807) is 25.1 Å². The Kier molecular flexibility index (Phi) is 4.59. The third-order valence-electron chi connectivity index (χ3n) is 3.08. The van der Waals surface area contributed by atoms with Crippen LogP contribution in [0.5, 0.6) is 0 Å². The van der Waals surface area contributed by atoms with E-state index < -0.39 is 10.0 Å². The molecule has 1 fully saturated rings. The Hall–Kier alpha value is -1.21. The molecule has 1 saturated heterocycles. The number of hydrogen-bond acceptors (Lipinski definition) is 4. The van der Waals surface area contributed by atoms with Gasteiger partial charge >= 0.3 is 0 Å². The zero-order chi connectivity index (χ0) is 14.8. The van der Waals surface area contributed by atoms with Crippen molar-refractivity contribution in [1.82, 2.24) is 4.90 Å². The predicted molar refractivity (Wildman–Crippen MR) is 82.9 cm³/mol. The quantitative estimate of drug-likeness (QED) is 0.919. The molecule has 0 spiro atoms. The zero-order valence-corrected chi connectivity index (χ0v) is 13.2. The number of amides is 1. The van der Waals surface area contributed by atoms with Crippen LogP contribution in [0, 0.1) is 6.92 Å². The fourth-order valence-corrected chi connectivity index (χ4v) is 3.54. The number of nitrogens with zero attached hydrogens (tertiary/aromatic N) is 1. The summed E-state index contributed by atoms with van der Waals surface area (Å²) in [5.74, 6) is 1.86. The Morgan fingerprint density at radius 3 is 2.55 bits per heavy atom. The summed E-state index contributed by atoms with van der Waals surface area (Å²) in [6.07, 6.45) is 1.10. The van der Waals surface area contributed by atoms with E-state index in [9.17, 15) is 13.2 Å². The van der Waals surface area contributed by atoms with Crippen molar-refractivity contribution in [2.24, 2.45) is 0 Å². The number of nitrogens with one attached hydrogen (secondary N) is 1. The third kappa shape index (κ3) is 3.89. The molecule has 1 aliphatic heterocycles. The van der Waals surface area contributed by atoms with E-state index in [-0.39, 0.29) is 5.91 Å². The maximum atomic E-state index is 12.4. The van der Waals surface area contributed by atoms with Gasteiger partial charge < -0.3 is 4.90 Å². The molecule has 0 atom stereocenters. The minimum atomic E-state index is -3.35. The van der Waals surface area contributed by atoms with E-state index in [2.05, 4.69) is 4.72 Å². The highest BCUT2D eigenvalue weighted by Gasteiger charge is 2.19. The molecule has 0 aromatic heterocycles. The van der Waals surface area contributed by atoms with Gasteiger partial charge in [0, 0.05) is 30.2 Å². The molecule has 0 bridgehead atoms.